The third kappa shape index (κ3) is 6.28. The SMILES string of the molecule is CCCCNC1CC[C@]2(C)C3CC[C@@]4(C)C(CC[C@@H]4C(C)C(=O)N(CC)C(=O)NCCCN(C)C)C3CC[C@H]2C1. The molecule has 0 bridgehead atoms. The van der Waals surface area contributed by atoms with Gasteiger partial charge in [-0.2, -0.15) is 0 Å². The van der Waals surface area contributed by atoms with Crippen molar-refractivity contribution in [3.8, 4) is 0 Å². The van der Waals surface area contributed by atoms with Crippen LogP contribution in [0.1, 0.15) is 112 Å². The molecule has 40 heavy (non-hydrogen) atoms. The van der Waals surface area contributed by atoms with Gasteiger partial charge in [-0.1, -0.05) is 34.1 Å². The van der Waals surface area contributed by atoms with Crippen LogP contribution in [0.4, 0.5) is 4.79 Å². The first-order valence-electron chi connectivity index (χ1n) is 17.0. The van der Waals surface area contributed by atoms with Crippen molar-refractivity contribution in [2.45, 2.75) is 118 Å². The van der Waals surface area contributed by atoms with Crippen LogP contribution in [0.25, 0.3) is 0 Å². The zero-order chi connectivity index (χ0) is 29.1. The number of unbranched alkanes of at least 4 members (excludes halogenated alkanes) is 1. The second kappa shape index (κ2) is 13.4. The Morgan fingerprint density at radius 1 is 0.900 bits per heavy atom. The molecule has 4 fully saturated rings. The van der Waals surface area contributed by atoms with Crippen LogP contribution >= 0.6 is 0 Å². The highest BCUT2D eigenvalue weighted by atomic mass is 16.2. The van der Waals surface area contributed by atoms with Crippen molar-refractivity contribution in [3.05, 3.63) is 0 Å². The number of urea groups is 1. The van der Waals surface area contributed by atoms with E-state index in [0.29, 0.717) is 24.4 Å². The first-order chi connectivity index (χ1) is 19.1. The summed E-state index contributed by atoms with van der Waals surface area (Å²) in [7, 11) is 4.08. The maximum absolute atomic E-state index is 13.8. The third-order valence-electron chi connectivity index (χ3n) is 12.6. The number of carbonyl (C=O) groups excluding carboxylic acids is 2. The van der Waals surface area contributed by atoms with Gasteiger partial charge in [-0.25, -0.2) is 4.79 Å². The van der Waals surface area contributed by atoms with E-state index in [1.165, 1.54) is 75.7 Å². The Morgan fingerprint density at radius 3 is 2.33 bits per heavy atom. The first-order valence-corrected chi connectivity index (χ1v) is 17.0. The van der Waals surface area contributed by atoms with Crippen LogP contribution in [-0.2, 0) is 4.79 Å². The number of nitrogens with one attached hydrogen (secondary N) is 2. The van der Waals surface area contributed by atoms with Gasteiger partial charge in [0.1, 0.15) is 0 Å². The van der Waals surface area contributed by atoms with Gasteiger partial charge in [0.05, 0.1) is 0 Å². The second-order valence-corrected chi connectivity index (χ2v) is 14.9. The Kier molecular flexibility index (Phi) is 10.7. The summed E-state index contributed by atoms with van der Waals surface area (Å²) in [6, 6.07) is 0.511. The fraction of sp³-hybridized carbons (Fsp3) is 0.941. The van der Waals surface area contributed by atoms with Gasteiger partial charge in [-0.05, 0) is 145 Å². The van der Waals surface area contributed by atoms with Crippen molar-refractivity contribution >= 4 is 11.9 Å². The van der Waals surface area contributed by atoms with Crippen LogP contribution in [0.5, 0.6) is 0 Å². The van der Waals surface area contributed by atoms with Gasteiger partial charge < -0.3 is 15.5 Å². The molecule has 0 saturated heterocycles. The summed E-state index contributed by atoms with van der Waals surface area (Å²) in [4.78, 5) is 30.3. The largest absolute Gasteiger partial charge is 0.338 e. The smallest absolute Gasteiger partial charge is 0.324 e. The van der Waals surface area contributed by atoms with Crippen LogP contribution in [0.2, 0.25) is 0 Å². The van der Waals surface area contributed by atoms with Crippen molar-refractivity contribution in [1.29, 1.82) is 0 Å². The highest BCUT2D eigenvalue weighted by molar-refractivity contribution is 5.95. The monoisotopic (exact) mass is 558 g/mol. The topological polar surface area (TPSA) is 64.7 Å². The zero-order valence-corrected chi connectivity index (χ0v) is 27.1. The molecule has 0 aromatic heterocycles. The van der Waals surface area contributed by atoms with Crippen LogP contribution in [0.3, 0.4) is 0 Å². The van der Waals surface area contributed by atoms with E-state index in [0.717, 1.165) is 49.1 Å². The lowest BCUT2D eigenvalue weighted by molar-refractivity contribution is -0.140. The summed E-state index contributed by atoms with van der Waals surface area (Å²) in [6.45, 7) is 14.7. The van der Waals surface area contributed by atoms with Crippen molar-refractivity contribution in [2.75, 3.05) is 40.3 Å². The van der Waals surface area contributed by atoms with E-state index in [9.17, 15) is 9.59 Å². The number of nitrogens with zero attached hydrogens (tertiary/aromatic N) is 2. The fourth-order valence-corrected chi connectivity index (χ4v) is 10.3. The molecule has 3 amide bonds. The Hall–Kier alpha value is -1.14. The number of hydrogen-bond acceptors (Lipinski definition) is 4. The minimum atomic E-state index is -0.215. The van der Waals surface area contributed by atoms with Crippen molar-refractivity contribution in [2.24, 2.45) is 46.3 Å². The molecule has 2 N–H and O–H groups in total. The molecule has 4 aliphatic rings. The van der Waals surface area contributed by atoms with Crippen LogP contribution < -0.4 is 10.6 Å². The summed E-state index contributed by atoms with van der Waals surface area (Å²) in [5.74, 6) is 3.59. The molecule has 0 heterocycles. The lowest BCUT2D eigenvalue weighted by atomic mass is 9.44. The van der Waals surface area contributed by atoms with E-state index in [2.05, 4.69) is 43.2 Å². The molecule has 4 aliphatic carbocycles. The molecule has 0 aromatic carbocycles. The average Bonchev–Trinajstić information content (AvgIpc) is 3.28. The Bertz CT molecular complexity index is 863. The summed E-state index contributed by atoms with van der Waals surface area (Å²) in [5, 5.41) is 6.89. The number of fused-ring (bicyclic) bond motifs is 5. The lowest BCUT2D eigenvalue weighted by Crippen LogP contribution is -2.56. The molecule has 4 saturated carbocycles. The molecule has 5 unspecified atom stereocenters. The first kappa shape index (κ1) is 31.8. The Morgan fingerprint density at radius 2 is 1.62 bits per heavy atom. The minimum absolute atomic E-state index is 0.0335. The maximum Gasteiger partial charge on any atom is 0.324 e. The van der Waals surface area contributed by atoms with Crippen LogP contribution in [-0.4, -0.2) is 68.1 Å². The van der Waals surface area contributed by atoms with E-state index in [-0.39, 0.29) is 23.3 Å². The standard InChI is InChI=1S/C34H62N4O2/c1-8-10-20-35-26-16-18-33(4)25(23-26)12-13-27-29-15-14-28(34(29,5)19-17-30(27)33)24(3)31(39)38(9-2)32(40)36-21-11-22-37(6)7/h24-30,35H,8-23H2,1-7H3,(H,36,40)/t24?,25-,26?,27?,28+,29?,30?,33-,34+/m0/s1. The van der Waals surface area contributed by atoms with Gasteiger partial charge in [0.2, 0.25) is 5.91 Å². The Labute approximate surface area is 246 Å². The summed E-state index contributed by atoms with van der Waals surface area (Å²) < 4.78 is 0. The van der Waals surface area contributed by atoms with Gasteiger partial charge >= 0.3 is 6.03 Å². The summed E-state index contributed by atoms with van der Waals surface area (Å²) >= 11 is 0. The highest BCUT2D eigenvalue weighted by Gasteiger charge is 2.61. The number of rotatable bonds is 11. The van der Waals surface area contributed by atoms with E-state index < -0.39 is 0 Å². The van der Waals surface area contributed by atoms with Gasteiger partial charge in [0.25, 0.3) is 0 Å². The fourth-order valence-electron chi connectivity index (χ4n) is 10.3. The van der Waals surface area contributed by atoms with E-state index >= 15 is 0 Å². The van der Waals surface area contributed by atoms with Crippen LogP contribution in [0.15, 0.2) is 0 Å². The summed E-state index contributed by atoms with van der Waals surface area (Å²) in [5.41, 5.74) is 0.719. The molecular weight excluding hydrogens is 496 g/mol. The zero-order valence-electron chi connectivity index (χ0n) is 27.1. The predicted octanol–water partition coefficient (Wildman–Crippen LogP) is 6.55. The third-order valence-corrected chi connectivity index (χ3v) is 12.6. The van der Waals surface area contributed by atoms with Gasteiger partial charge in [0.15, 0.2) is 0 Å². The molecule has 0 spiro atoms. The van der Waals surface area contributed by atoms with E-state index in [4.69, 9.17) is 0 Å². The summed E-state index contributed by atoms with van der Waals surface area (Å²) in [6.07, 6.45) is 15.4. The molecular formula is C34H62N4O2. The number of amides is 3. The molecule has 6 nitrogen and oxygen atoms in total. The normalized spacial score (nSPS) is 37.8. The van der Waals surface area contributed by atoms with Gasteiger partial charge in [-0.3, -0.25) is 9.69 Å². The Balaban J connectivity index is 1.38. The highest BCUT2D eigenvalue weighted by Crippen LogP contribution is 2.68. The molecule has 230 valence electrons. The molecule has 4 rings (SSSR count). The molecule has 6 heteroatoms. The maximum atomic E-state index is 13.8. The minimum Gasteiger partial charge on any atom is -0.338 e. The van der Waals surface area contributed by atoms with E-state index in [1.54, 1.807) is 0 Å². The van der Waals surface area contributed by atoms with Crippen molar-refractivity contribution in [3.63, 3.8) is 0 Å². The molecule has 9 atom stereocenters. The predicted molar refractivity (Wildman–Crippen MR) is 165 cm³/mol. The number of carbonyl (C=O) groups is 2. The quantitative estimate of drug-likeness (QED) is 0.282. The van der Waals surface area contributed by atoms with Gasteiger partial charge in [-0.15, -0.1) is 0 Å². The average molecular weight is 559 g/mol. The molecule has 0 aliphatic heterocycles. The van der Waals surface area contributed by atoms with Crippen molar-refractivity contribution in [1.82, 2.24) is 20.4 Å². The lowest BCUT2D eigenvalue weighted by Gasteiger charge is -2.61. The van der Waals surface area contributed by atoms with Crippen LogP contribution in [0, 0.1) is 46.3 Å². The molecule has 0 aromatic rings. The number of hydrogen-bond donors (Lipinski definition) is 2. The van der Waals surface area contributed by atoms with Crippen molar-refractivity contribution < 1.29 is 9.59 Å². The van der Waals surface area contributed by atoms with Gasteiger partial charge in [0, 0.05) is 25.0 Å². The van der Waals surface area contributed by atoms with E-state index in [1.807, 2.05) is 21.0 Å². The number of imide groups is 1. The second-order valence-electron chi connectivity index (χ2n) is 14.9. The molecule has 0 radical (unpaired) electrons.